The lowest BCUT2D eigenvalue weighted by molar-refractivity contribution is -0.163. The maximum atomic E-state index is 13.7. The third kappa shape index (κ3) is 10.5. The van der Waals surface area contributed by atoms with Crippen LogP contribution in [-0.2, 0) is 35.2 Å². The second-order valence-electron chi connectivity index (χ2n) is 11.5. The molecule has 1 aliphatic heterocycles. The quantitative estimate of drug-likeness (QED) is 0.230. The van der Waals surface area contributed by atoms with Crippen molar-refractivity contribution < 1.29 is 38.2 Å². The summed E-state index contributed by atoms with van der Waals surface area (Å²) in [5.74, 6) is -3.17. The molecule has 0 aromatic heterocycles. The maximum absolute atomic E-state index is 13.7. The Morgan fingerprint density at radius 2 is 1.56 bits per heavy atom. The zero-order chi connectivity index (χ0) is 31.0. The number of hydrogen-bond acceptors (Lipinski definition) is 9. The van der Waals surface area contributed by atoms with E-state index in [1.807, 2.05) is 0 Å². The summed E-state index contributed by atoms with van der Waals surface area (Å²) in [5.41, 5.74) is 4.72. The van der Waals surface area contributed by atoms with Crippen LogP contribution in [0.5, 0.6) is 0 Å². The molecular weight excluding hydrogens is 532 g/mol. The van der Waals surface area contributed by atoms with Gasteiger partial charge in [0, 0.05) is 30.8 Å². The van der Waals surface area contributed by atoms with Crippen molar-refractivity contribution in [1.29, 1.82) is 0 Å². The van der Waals surface area contributed by atoms with Gasteiger partial charge in [-0.1, -0.05) is 12.1 Å². The van der Waals surface area contributed by atoms with Crippen molar-refractivity contribution in [1.82, 2.24) is 15.1 Å². The molecule has 0 bridgehead atoms. The van der Waals surface area contributed by atoms with E-state index in [0.29, 0.717) is 18.4 Å². The smallest absolute Gasteiger partial charge is 0.407 e. The van der Waals surface area contributed by atoms with Crippen molar-refractivity contribution in [2.24, 2.45) is 5.73 Å². The zero-order valence-corrected chi connectivity index (χ0v) is 24.5. The van der Waals surface area contributed by atoms with Crippen LogP contribution in [0.25, 0.3) is 0 Å². The van der Waals surface area contributed by atoms with Crippen molar-refractivity contribution in [2.75, 3.05) is 13.1 Å². The number of benzene rings is 1. The number of carbonyl (C=O) groups excluding carboxylic acids is 6. The van der Waals surface area contributed by atoms with Crippen LogP contribution >= 0.6 is 0 Å². The second kappa shape index (κ2) is 14.0. The fourth-order valence-corrected chi connectivity index (χ4v) is 3.95. The Morgan fingerprint density at radius 3 is 2.12 bits per heavy atom. The van der Waals surface area contributed by atoms with Crippen LogP contribution in [0.15, 0.2) is 36.4 Å². The van der Waals surface area contributed by atoms with Gasteiger partial charge >= 0.3 is 12.1 Å². The minimum Gasteiger partial charge on any atom is -0.458 e. The Hall–Kier alpha value is -4.06. The number of amides is 5. The summed E-state index contributed by atoms with van der Waals surface area (Å²) in [6, 6.07) is 4.96. The summed E-state index contributed by atoms with van der Waals surface area (Å²) in [6.45, 7) is 9.84. The fourth-order valence-electron chi connectivity index (χ4n) is 3.95. The predicted octanol–water partition coefficient (Wildman–Crippen LogP) is 2.44. The van der Waals surface area contributed by atoms with Gasteiger partial charge in [0.2, 0.25) is 5.91 Å². The zero-order valence-electron chi connectivity index (χ0n) is 24.5. The molecular formula is C29H40N4O8. The number of nitrogens with zero attached hydrogens (tertiary/aromatic N) is 2. The molecule has 0 radical (unpaired) electrons. The molecule has 0 spiro atoms. The number of rotatable bonds is 11. The molecule has 0 saturated carbocycles. The van der Waals surface area contributed by atoms with Crippen molar-refractivity contribution in [3.63, 3.8) is 0 Å². The van der Waals surface area contributed by atoms with Gasteiger partial charge in [0.05, 0.1) is 6.54 Å². The van der Waals surface area contributed by atoms with E-state index in [0.717, 1.165) is 9.80 Å². The SMILES string of the molecule is CC(C)(C)OC(=O)NCc1cccc(C(=O)N(C(=O)CN)[C@@H](CCCCN2C(=O)C=CC2=O)C(=O)OC(C)(C)C)c1. The molecule has 0 saturated heterocycles. The molecule has 1 atom stereocenters. The molecule has 1 aliphatic rings. The van der Waals surface area contributed by atoms with E-state index in [2.05, 4.69) is 5.32 Å². The summed E-state index contributed by atoms with van der Waals surface area (Å²) >= 11 is 0. The highest BCUT2D eigenvalue weighted by atomic mass is 16.6. The number of nitrogens with two attached hydrogens (primary N) is 1. The Morgan fingerprint density at radius 1 is 0.951 bits per heavy atom. The first-order valence-electron chi connectivity index (χ1n) is 13.4. The normalized spacial score (nSPS) is 14.1. The van der Waals surface area contributed by atoms with Crippen LogP contribution in [0, 0.1) is 0 Å². The predicted molar refractivity (Wildman–Crippen MR) is 149 cm³/mol. The number of ether oxygens (including phenoxy) is 2. The van der Waals surface area contributed by atoms with E-state index in [-0.39, 0.29) is 25.1 Å². The molecule has 0 aliphatic carbocycles. The van der Waals surface area contributed by atoms with Gasteiger partial charge in [0.15, 0.2) is 0 Å². The van der Waals surface area contributed by atoms with Crippen LogP contribution in [0.2, 0.25) is 0 Å². The monoisotopic (exact) mass is 572 g/mol. The summed E-state index contributed by atoms with van der Waals surface area (Å²) in [7, 11) is 0. The number of hydrogen-bond donors (Lipinski definition) is 2. The van der Waals surface area contributed by atoms with Crippen molar-refractivity contribution in [3.05, 3.63) is 47.5 Å². The molecule has 224 valence electrons. The van der Waals surface area contributed by atoms with Crippen LogP contribution in [0.1, 0.15) is 76.7 Å². The summed E-state index contributed by atoms with van der Waals surface area (Å²) < 4.78 is 10.8. The minimum atomic E-state index is -1.30. The van der Waals surface area contributed by atoms with Crippen LogP contribution in [-0.4, -0.2) is 75.8 Å². The molecule has 5 amide bonds. The Balaban J connectivity index is 2.26. The average Bonchev–Trinajstić information content (AvgIpc) is 3.18. The van der Waals surface area contributed by atoms with Gasteiger partial charge in [0.25, 0.3) is 17.7 Å². The Bertz CT molecular complexity index is 1180. The molecule has 0 fully saturated rings. The van der Waals surface area contributed by atoms with E-state index < -0.39 is 59.5 Å². The van der Waals surface area contributed by atoms with E-state index >= 15 is 0 Å². The molecule has 1 heterocycles. The molecule has 12 nitrogen and oxygen atoms in total. The average molecular weight is 573 g/mol. The standard InChI is InChI=1S/C29H40N4O8/c1-28(2,3)40-26(38)21(12-7-8-15-32-22(34)13-14-23(32)35)33(24(36)17-30)25(37)20-11-9-10-19(16-20)18-31-27(39)41-29(4,5)6/h9-11,13-14,16,21H,7-8,12,15,17-18,30H2,1-6H3,(H,31,39)/t21-/m0/s1. The van der Waals surface area contributed by atoms with Gasteiger partial charge in [0.1, 0.15) is 17.2 Å². The lowest BCUT2D eigenvalue weighted by Crippen LogP contribution is -2.52. The molecule has 0 unspecified atom stereocenters. The number of unbranched alkanes of at least 4 members (excludes halogenated alkanes) is 1. The van der Waals surface area contributed by atoms with Crippen molar-refractivity contribution >= 4 is 35.7 Å². The highest BCUT2D eigenvalue weighted by molar-refractivity contribution is 6.12. The van der Waals surface area contributed by atoms with Gasteiger partial charge in [-0.3, -0.25) is 29.0 Å². The van der Waals surface area contributed by atoms with Crippen molar-refractivity contribution in [3.8, 4) is 0 Å². The van der Waals surface area contributed by atoms with Crippen LogP contribution in [0.4, 0.5) is 4.79 Å². The van der Waals surface area contributed by atoms with Crippen molar-refractivity contribution in [2.45, 2.75) is 84.6 Å². The lowest BCUT2D eigenvalue weighted by Gasteiger charge is -2.31. The number of alkyl carbamates (subject to hydrolysis) is 1. The Labute approximate surface area is 240 Å². The molecule has 3 N–H and O–H groups in total. The Kier molecular flexibility index (Phi) is 11.3. The van der Waals surface area contributed by atoms with Crippen LogP contribution in [0.3, 0.4) is 0 Å². The molecule has 1 aromatic carbocycles. The van der Waals surface area contributed by atoms with E-state index in [4.69, 9.17) is 15.2 Å². The van der Waals surface area contributed by atoms with Gasteiger partial charge in [-0.15, -0.1) is 0 Å². The molecule has 41 heavy (non-hydrogen) atoms. The number of carbonyl (C=O) groups is 6. The van der Waals surface area contributed by atoms with Gasteiger partial charge in [-0.05, 0) is 78.5 Å². The summed E-state index contributed by atoms with van der Waals surface area (Å²) in [4.78, 5) is 77.6. The summed E-state index contributed by atoms with van der Waals surface area (Å²) in [5, 5.41) is 2.61. The number of esters is 1. The fraction of sp³-hybridized carbons (Fsp3) is 0.517. The second-order valence-corrected chi connectivity index (χ2v) is 11.5. The van der Waals surface area contributed by atoms with Crippen LogP contribution < -0.4 is 11.1 Å². The largest absolute Gasteiger partial charge is 0.458 e. The minimum absolute atomic E-state index is 0.0237. The van der Waals surface area contributed by atoms with E-state index in [1.54, 1.807) is 53.7 Å². The summed E-state index contributed by atoms with van der Waals surface area (Å²) in [6.07, 6.45) is 2.39. The highest BCUT2D eigenvalue weighted by Crippen LogP contribution is 2.20. The van der Waals surface area contributed by atoms with Gasteiger partial charge in [-0.25, -0.2) is 9.59 Å². The molecule has 12 heteroatoms. The maximum Gasteiger partial charge on any atom is 0.407 e. The lowest BCUT2D eigenvalue weighted by atomic mass is 10.0. The first-order valence-corrected chi connectivity index (χ1v) is 13.4. The third-order valence-electron chi connectivity index (χ3n) is 5.67. The van der Waals surface area contributed by atoms with E-state index in [9.17, 15) is 28.8 Å². The number of imide groups is 2. The van der Waals surface area contributed by atoms with Gasteiger partial charge < -0.3 is 20.5 Å². The van der Waals surface area contributed by atoms with Gasteiger partial charge in [-0.2, -0.15) is 0 Å². The molecule has 2 rings (SSSR count). The van der Waals surface area contributed by atoms with E-state index in [1.165, 1.54) is 24.3 Å². The topological polar surface area (TPSA) is 165 Å². The highest BCUT2D eigenvalue weighted by Gasteiger charge is 2.37. The first-order chi connectivity index (χ1) is 19.0. The first kappa shape index (κ1) is 33.1. The third-order valence-corrected chi connectivity index (χ3v) is 5.67. The molecule has 1 aromatic rings. The number of nitrogens with one attached hydrogen (secondary N) is 1.